The van der Waals surface area contributed by atoms with Crippen molar-refractivity contribution in [3.63, 3.8) is 0 Å². The lowest BCUT2D eigenvalue weighted by atomic mass is 10.1. The van der Waals surface area contributed by atoms with Crippen molar-refractivity contribution < 1.29 is 9.18 Å². The molecule has 20 heavy (non-hydrogen) atoms. The van der Waals surface area contributed by atoms with Gasteiger partial charge < -0.3 is 4.90 Å². The Labute approximate surface area is 119 Å². The highest BCUT2D eigenvalue weighted by Crippen LogP contribution is 2.23. The Morgan fingerprint density at radius 3 is 2.40 bits per heavy atom. The van der Waals surface area contributed by atoms with Crippen molar-refractivity contribution in [2.45, 2.75) is 19.3 Å². The van der Waals surface area contributed by atoms with Gasteiger partial charge in [-0.2, -0.15) is 0 Å². The molecule has 0 bridgehead atoms. The number of anilines is 1. The van der Waals surface area contributed by atoms with Gasteiger partial charge in [0, 0.05) is 50.7 Å². The molecule has 1 aliphatic heterocycles. The molecule has 1 saturated heterocycles. The molecule has 1 saturated carbocycles. The molecule has 0 aromatic heterocycles. The van der Waals surface area contributed by atoms with E-state index in [2.05, 4.69) is 9.80 Å². The molecule has 4 heteroatoms. The second-order valence-corrected chi connectivity index (χ2v) is 5.82. The highest BCUT2D eigenvalue weighted by molar-refractivity contribution is 5.83. The molecule has 0 N–H and O–H groups in total. The number of hydrogen-bond acceptors (Lipinski definition) is 3. The van der Waals surface area contributed by atoms with Gasteiger partial charge in [-0.05, 0) is 37.1 Å². The van der Waals surface area contributed by atoms with E-state index in [-0.39, 0.29) is 11.7 Å². The fraction of sp³-hybridized carbons (Fsp3) is 0.562. The third-order valence-electron chi connectivity index (χ3n) is 4.47. The Balaban J connectivity index is 1.51. The van der Waals surface area contributed by atoms with Crippen LogP contribution in [0.15, 0.2) is 24.3 Å². The van der Waals surface area contributed by atoms with Gasteiger partial charge in [0.1, 0.15) is 11.6 Å². The molecular formula is C16H21FN2O. The Hall–Kier alpha value is -1.42. The molecule has 2 aliphatic rings. The van der Waals surface area contributed by atoms with Gasteiger partial charge in [0.05, 0.1) is 0 Å². The summed E-state index contributed by atoms with van der Waals surface area (Å²) in [7, 11) is 0. The van der Waals surface area contributed by atoms with E-state index in [1.807, 2.05) is 12.1 Å². The van der Waals surface area contributed by atoms with Crippen LogP contribution in [0.2, 0.25) is 0 Å². The summed E-state index contributed by atoms with van der Waals surface area (Å²) in [4.78, 5) is 16.4. The van der Waals surface area contributed by atoms with Crippen molar-refractivity contribution >= 4 is 11.5 Å². The number of nitrogens with zero attached hydrogens (tertiary/aromatic N) is 2. The number of rotatable bonds is 3. The summed E-state index contributed by atoms with van der Waals surface area (Å²) in [5, 5.41) is 0. The number of Topliss-reactive ketones (excluding diaryl/α,β-unsaturated/α-hetero) is 1. The SMILES string of the molecule is O=C1CCCC1CN1CCN(c2ccc(F)cc2)CC1. The van der Waals surface area contributed by atoms with Crippen molar-refractivity contribution in [2.24, 2.45) is 5.92 Å². The van der Waals surface area contributed by atoms with Crippen LogP contribution in [0.1, 0.15) is 19.3 Å². The van der Waals surface area contributed by atoms with Gasteiger partial charge in [-0.3, -0.25) is 9.69 Å². The Morgan fingerprint density at radius 1 is 1.10 bits per heavy atom. The minimum absolute atomic E-state index is 0.188. The van der Waals surface area contributed by atoms with E-state index in [9.17, 15) is 9.18 Å². The van der Waals surface area contributed by atoms with Crippen molar-refractivity contribution in [3.8, 4) is 0 Å². The van der Waals surface area contributed by atoms with Crippen LogP contribution in [0.4, 0.5) is 10.1 Å². The lowest BCUT2D eigenvalue weighted by Crippen LogP contribution is -2.48. The predicted molar refractivity (Wildman–Crippen MR) is 77.4 cm³/mol. The summed E-state index contributed by atoms with van der Waals surface area (Å²) >= 11 is 0. The van der Waals surface area contributed by atoms with Gasteiger partial charge in [-0.1, -0.05) is 0 Å². The second kappa shape index (κ2) is 5.92. The van der Waals surface area contributed by atoms with Crippen molar-refractivity contribution in [3.05, 3.63) is 30.1 Å². The largest absolute Gasteiger partial charge is 0.369 e. The summed E-state index contributed by atoms with van der Waals surface area (Å²) in [5.74, 6) is 0.533. The predicted octanol–water partition coefficient (Wildman–Crippen LogP) is 2.32. The maximum atomic E-state index is 12.9. The molecule has 0 amide bonds. The van der Waals surface area contributed by atoms with Crippen LogP contribution in [0.3, 0.4) is 0 Å². The average Bonchev–Trinajstić information content (AvgIpc) is 2.86. The number of halogens is 1. The van der Waals surface area contributed by atoms with E-state index in [1.54, 1.807) is 0 Å². The summed E-state index contributed by atoms with van der Waals surface area (Å²) in [6, 6.07) is 6.70. The molecule has 3 nitrogen and oxygen atoms in total. The molecule has 1 aromatic rings. The van der Waals surface area contributed by atoms with Crippen LogP contribution < -0.4 is 4.90 Å². The summed E-state index contributed by atoms with van der Waals surface area (Å²) in [6.45, 7) is 4.80. The standard InChI is InChI=1S/C16H21FN2O/c17-14-4-6-15(7-5-14)19-10-8-18(9-11-19)12-13-2-1-3-16(13)20/h4-7,13H,1-3,8-12H2. The zero-order chi connectivity index (χ0) is 13.9. The molecule has 2 fully saturated rings. The number of piperazine rings is 1. The molecule has 1 unspecified atom stereocenters. The van der Waals surface area contributed by atoms with Gasteiger partial charge in [0.2, 0.25) is 0 Å². The molecule has 0 spiro atoms. The minimum atomic E-state index is -0.188. The van der Waals surface area contributed by atoms with Gasteiger partial charge in [-0.15, -0.1) is 0 Å². The molecule has 0 radical (unpaired) electrons. The molecule has 1 heterocycles. The van der Waals surface area contributed by atoms with Gasteiger partial charge in [0.15, 0.2) is 0 Å². The summed E-state index contributed by atoms with van der Waals surface area (Å²) in [5.41, 5.74) is 1.09. The maximum Gasteiger partial charge on any atom is 0.137 e. The maximum absolute atomic E-state index is 12.9. The van der Waals surface area contributed by atoms with Gasteiger partial charge in [-0.25, -0.2) is 4.39 Å². The molecule has 3 rings (SSSR count). The quantitative estimate of drug-likeness (QED) is 0.846. The third kappa shape index (κ3) is 3.01. The monoisotopic (exact) mass is 276 g/mol. The van der Waals surface area contributed by atoms with E-state index < -0.39 is 0 Å². The highest BCUT2D eigenvalue weighted by atomic mass is 19.1. The van der Waals surface area contributed by atoms with Crippen LogP contribution in [0.25, 0.3) is 0 Å². The summed E-state index contributed by atoms with van der Waals surface area (Å²) < 4.78 is 12.9. The zero-order valence-corrected chi connectivity index (χ0v) is 11.7. The van der Waals surface area contributed by atoms with Crippen LogP contribution >= 0.6 is 0 Å². The molecule has 1 aromatic carbocycles. The Kier molecular flexibility index (Phi) is 4.01. The van der Waals surface area contributed by atoms with Crippen molar-refractivity contribution in [1.29, 1.82) is 0 Å². The topological polar surface area (TPSA) is 23.6 Å². The van der Waals surface area contributed by atoms with Crippen LogP contribution in [0.5, 0.6) is 0 Å². The van der Waals surface area contributed by atoms with E-state index >= 15 is 0 Å². The Morgan fingerprint density at radius 2 is 1.80 bits per heavy atom. The summed E-state index contributed by atoms with van der Waals surface area (Å²) in [6.07, 6.45) is 2.91. The number of carbonyl (C=O) groups is 1. The van der Waals surface area contributed by atoms with E-state index in [0.717, 1.165) is 57.7 Å². The lowest BCUT2D eigenvalue weighted by molar-refractivity contribution is -0.121. The van der Waals surface area contributed by atoms with E-state index in [4.69, 9.17) is 0 Å². The Bertz CT molecular complexity index is 466. The lowest BCUT2D eigenvalue weighted by Gasteiger charge is -2.37. The van der Waals surface area contributed by atoms with Crippen LogP contribution in [-0.4, -0.2) is 43.4 Å². The fourth-order valence-corrected chi connectivity index (χ4v) is 3.23. The molecular weight excluding hydrogens is 255 g/mol. The average molecular weight is 276 g/mol. The molecule has 1 aliphatic carbocycles. The normalized spacial score (nSPS) is 24.4. The zero-order valence-electron chi connectivity index (χ0n) is 11.7. The van der Waals surface area contributed by atoms with E-state index in [0.29, 0.717) is 5.78 Å². The number of ketones is 1. The fourth-order valence-electron chi connectivity index (χ4n) is 3.23. The first-order chi connectivity index (χ1) is 9.72. The van der Waals surface area contributed by atoms with Gasteiger partial charge >= 0.3 is 0 Å². The number of hydrogen-bond donors (Lipinski definition) is 0. The first kappa shape index (κ1) is 13.6. The first-order valence-electron chi connectivity index (χ1n) is 7.48. The van der Waals surface area contributed by atoms with Crippen LogP contribution in [0, 0.1) is 11.7 Å². The van der Waals surface area contributed by atoms with Crippen LogP contribution in [-0.2, 0) is 4.79 Å². The third-order valence-corrected chi connectivity index (χ3v) is 4.47. The highest BCUT2D eigenvalue weighted by Gasteiger charge is 2.27. The van der Waals surface area contributed by atoms with Gasteiger partial charge in [0.25, 0.3) is 0 Å². The molecule has 1 atom stereocenters. The van der Waals surface area contributed by atoms with Crippen molar-refractivity contribution in [2.75, 3.05) is 37.6 Å². The smallest absolute Gasteiger partial charge is 0.137 e. The van der Waals surface area contributed by atoms with E-state index in [1.165, 1.54) is 12.1 Å². The molecule has 108 valence electrons. The van der Waals surface area contributed by atoms with Crippen molar-refractivity contribution in [1.82, 2.24) is 4.90 Å². The minimum Gasteiger partial charge on any atom is -0.369 e. The second-order valence-electron chi connectivity index (χ2n) is 5.82. The number of carbonyl (C=O) groups excluding carboxylic acids is 1. The number of benzene rings is 1. The first-order valence-corrected chi connectivity index (χ1v) is 7.48.